The molecule has 0 aliphatic heterocycles. The maximum absolute atomic E-state index is 13.4. The molecule has 6 heteroatoms. The van der Waals surface area contributed by atoms with E-state index in [-0.39, 0.29) is 17.9 Å². The quantitative estimate of drug-likeness (QED) is 0.491. The zero-order valence-corrected chi connectivity index (χ0v) is 17.2. The van der Waals surface area contributed by atoms with Gasteiger partial charge in [-0.25, -0.2) is 9.67 Å². The zero-order chi connectivity index (χ0) is 20.7. The lowest BCUT2D eigenvalue weighted by atomic mass is 10.0. The first kappa shape index (κ1) is 18.6. The van der Waals surface area contributed by atoms with Crippen molar-refractivity contribution in [3.63, 3.8) is 0 Å². The van der Waals surface area contributed by atoms with Crippen LogP contribution in [-0.2, 0) is 0 Å². The molecule has 0 saturated heterocycles. The number of carbonyl (C=O) groups excluding carboxylic acids is 1. The number of aromatic nitrogens is 4. The molecule has 2 heterocycles. The third-order valence-corrected chi connectivity index (χ3v) is 5.61. The molecule has 1 saturated carbocycles. The number of nitrogens with one attached hydrogen (secondary N) is 2. The van der Waals surface area contributed by atoms with Crippen molar-refractivity contribution in [3.05, 3.63) is 77.9 Å². The minimum Gasteiger partial charge on any atom is -0.340 e. The molecule has 1 fully saturated rings. The van der Waals surface area contributed by atoms with Gasteiger partial charge in [-0.15, -0.1) is 0 Å². The van der Waals surface area contributed by atoms with E-state index >= 15 is 0 Å². The van der Waals surface area contributed by atoms with Crippen molar-refractivity contribution in [2.75, 3.05) is 0 Å². The van der Waals surface area contributed by atoms with Gasteiger partial charge in [-0.05, 0) is 49.1 Å². The number of rotatable bonds is 6. The van der Waals surface area contributed by atoms with Crippen LogP contribution in [0, 0.1) is 5.92 Å². The van der Waals surface area contributed by atoms with E-state index in [0.29, 0.717) is 11.6 Å². The van der Waals surface area contributed by atoms with Gasteiger partial charge >= 0.3 is 0 Å². The molecule has 0 unspecified atom stereocenters. The topological polar surface area (TPSA) is 75.6 Å². The van der Waals surface area contributed by atoms with Crippen LogP contribution in [-0.4, -0.2) is 25.7 Å². The molecule has 4 aromatic rings. The van der Waals surface area contributed by atoms with Gasteiger partial charge in [-0.1, -0.05) is 44.2 Å². The monoisotopic (exact) mass is 399 g/mol. The van der Waals surface area contributed by atoms with Crippen LogP contribution in [0.15, 0.2) is 60.7 Å². The van der Waals surface area contributed by atoms with Crippen molar-refractivity contribution in [1.29, 1.82) is 0 Å². The van der Waals surface area contributed by atoms with Crippen LogP contribution in [0.4, 0.5) is 0 Å². The van der Waals surface area contributed by atoms with Gasteiger partial charge in [-0.3, -0.25) is 4.79 Å². The van der Waals surface area contributed by atoms with Crippen LogP contribution >= 0.6 is 0 Å². The number of nitrogens with zero attached hydrogens (tertiary/aromatic N) is 3. The van der Waals surface area contributed by atoms with Crippen molar-refractivity contribution < 1.29 is 4.79 Å². The van der Waals surface area contributed by atoms with Crippen LogP contribution in [0.25, 0.3) is 16.7 Å². The molecule has 6 nitrogen and oxygen atoms in total. The van der Waals surface area contributed by atoms with Crippen LogP contribution in [0.1, 0.15) is 60.7 Å². The molecule has 30 heavy (non-hydrogen) atoms. The lowest BCUT2D eigenvalue weighted by molar-refractivity contribution is 0.0915. The van der Waals surface area contributed by atoms with Gasteiger partial charge in [0.25, 0.3) is 5.91 Å². The maximum Gasteiger partial charge on any atom is 0.270 e. The SMILES string of the molecule is CC(C)[C@H](NC(=O)c1cc(C2CC2)nn1-c1ccccc1)c1nc2ccccc2[nH]1. The number of carbonyl (C=O) groups is 1. The summed E-state index contributed by atoms with van der Waals surface area (Å²) in [6.07, 6.45) is 2.28. The van der Waals surface area contributed by atoms with E-state index < -0.39 is 0 Å². The highest BCUT2D eigenvalue weighted by molar-refractivity contribution is 5.93. The first-order valence-corrected chi connectivity index (χ1v) is 10.5. The largest absolute Gasteiger partial charge is 0.340 e. The van der Waals surface area contributed by atoms with Gasteiger partial charge in [0.05, 0.1) is 28.5 Å². The van der Waals surface area contributed by atoms with E-state index in [4.69, 9.17) is 10.1 Å². The van der Waals surface area contributed by atoms with Gasteiger partial charge < -0.3 is 10.3 Å². The summed E-state index contributed by atoms with van der Waals surface area (Å²) in [5.41, 5.74) is 4.31. The third-order valence-electron chi connectivity index (χ3n) is 5.61. The fourth-order valence-electron chi connectivity index (χ4n) is 3.79. The molecule has 2 N–H and O–H groups in total. The summed E-state index contributed by atoms with van der Waals surface area (Å²) in [7, 11) is 0. The summed E-state index contributed by atoms with van der Waals surface area (Å²) in [4.78, 5) is 21.5. The number of para-hydroxylation sites is 3. The fourth-order valence-corrected chi connectivity index (χ4v) is 3.79. The Morgan fingerprint density at radius 2 is 1.83 bits per heavy atom. The summed E-state index contributed by atoms with van der Waals surface area (Å²) in [6, 6.07) is 19.5. The Labute approximate surface area is 175 Å². The maximum atomic E-state index is 13.4. The van der Waals surface area contributed by atoms with Gasteiger partial charge in [-0.2, -0.15) is 5.10 Å². The van der Waals surface area contributed by atoms with Gasteiger partial charge in [0, 0.05) is 5.92 Å². The van der Waals surface area contributed by atoms with Crippen molar-refractivity contribution >= 4 is 16.9 Å². The van der Waals surface area contributed by atoms with Crippen LogP contribution < -0.4 is 5.32 Å². The Morgan fingerprint density at radius 1 is 1.10 bits per heavy atom. The molecule has 0 bridgehead atoms. The summed E-state index contributed by atoms with van der Waals surface area (Å²) in [6.45, 7) is 4.17. The number of fused-ring (bicyclic) bond motifs is 1. The summed E-state index contributed by atoms with van der Waals surface area (Å²) in [5, 5.41) is 7.95. The number of benzene rings is 2. The molecule has 1 aliphatic rings. The second kappa shape index (κ2) is 7.44. The molecule has 0 radical (unpaired) electrons. The summed E-state index contributed by atoms with van der Waals surface area (Å²) >= 11 is 0. The molecular formula is C24H25N5O. The van der Waals surface area contributed by atoms with Crippen LogP contribution in [0.5, 0.6) is 0 Å². The van der Waals surface area contributed by atoms with Gasteiger partial charge in [0.1, 0.15) is 11.5 Å². The van der Waals surface area contributed by atoms with E-state index in [0.717, 1.165) is 41.1 Å². The van der Waals surface area contributed by atoms with Gasteiger partial charge in [0.15, 0.2) is 0 Å². The van der Waals surface area contributed by atoms with Crippen molar-refractivity contribution in [2.45, 2.75) is 38.6 Å². The fraction of sp³-hybridized carbons (Fsp3) is 0.292. The minimum atomic E-state index is -0.228. The highest BCUT2D eigenvalue weighted by Crippen LogP contribution is 2.39. The molecule has 1 atom stereocenters. The van der Waals surface area contributed by atoms with Crippen LogP contribution in [0.2, 0.25) is 0 Å². The highest BCUT2D eigenvalue weighted by atomic mass is 16.2. The normalized spacial score (nSPS) is 14.9. The molecule has 5 rings (SSSR count). The highest BCUT2D eigenvalue weighted by Gasteiger charge is 2.30. The number of amides is 1. The first-order chi connectivity index (χ1) is 14.6. The number of aromatic amines is 1. The lowest BCUT2D eigenvalue weighted by Crippen LogP contribution is -2.33. The molecule has 2 aromatic heterocycles. The molecular weight excluding hydrogens is 374 g/mol. The molecule has 1 aliphatic carbocycles. The Bertz CT molecular complexity index is 1150. The van der Waals surface area contributed by atoms with E-state index in [1.165, 1.54) is 0 Å². The number of imidazole rings is 1. The lowest BCUT2D eigenvalue weighted by Gasteiger charge is -2.20. The van der Waals surface area contributed by atoms with E-state index in [9.17, 15) is 4.79 Å². The van der Waals surface area contributed by atoms with Crippen molar-refractivity contribution in [1.82, 2.24) is 25.1 Å². The average Bonchev–Trinajstić information content (AvgIpc) is 3.36. The Hall–Kier alpha value is -3.41. The summed E-state index contributed by atoms with van der Waals surface area (Å²) < 4.78 is 1.76. The zero-order valence-electron chi connectivity index (χ0n) is 17.2. The van der Waals surface area contributed by atoms with E-state index in [2.05, 4.69) is 24.1 Å². The standard InChI is InChI=1S/C24H25N5O/c1-15(2)22(23-25-18-10-6-7-11-19(18)26-23)27-24(30)21-14-20(16-12-13-16)28-29(21)17-8-4-3-5-9-17/h3-11,14-16,22H,12-13H2,1-2H3,(H,25,26)(H,27,30)/t22-/m0/s1. The summed E-state index contributed by atoms with van der Waals surface area (Å²) in [5.74, 6) is 1.27. The second-order valence-corrected chi connectivity index (χ2v) is 8.31. The predicted molar refractivity (Wildman–Crippen MR) is 117 cm³/mol. The second-order valence-electron chi connectivity index (χ2n) is 8.31. The Balaban J connectivity index is 1.48. The molecule has 152 valence electrons. The van der Waals surface area contributed by atoms with Crippen molar-refractivity contribution in [3.8, 4) is 5.69 Å². The predicted octanol–water partition coefficient (Wildman–Crippen LogP) is 4.75. The number of hydrogen-bond donors (Lipinski definition) is 2. The molecule has 2 aromatic carbocycles. The van der Waals surface area contributed by atoms with E-state index in [1.807, 2.05) is 60.7 Å². The Morgan fingerprint density at radius 3 is 2.53 bits per heavy atom. The number of H-pyrrole nitrogens is 1. The third kappa shape index (κ3) is 3.49. The number of hydrogen-bond acceptors (Lipinski definition) is 3. The van der Waals surface area contributed by atoms with Gasteiger partial charge in [0.2, 0.25) is 0 Å². The molecule has 0 spiro atoms. The minimum absolute atomic E-state index is 0.141. The first-order valence-electron chi connectivity index (χ1n) is 10.5. The van der Waals surface area contributed by atoms with Crippen LogP contribution in [0.3, 0.4) is 0 Å². The Kier molecular flexibility index (Phi) is 4.62. The van der Waals surface area contributed by atoms with E-state index in [1.54, 1.807) is 4.68 Å². The average molecular weight is 399 g/mol. The van der Waals surface area contributed by atoms with Crippen molar-refractivity contribution in [2.24, 2.45) is 5.92 Å². The smallest absolute Gasteiger partial charge is 0.270 e. The molecule has 1 amide bonds.